The third-order valence-corrected chi connectivity index (χ3v) is 5.00. The van der Waals surface area contributed by atoms with Crippen molar-refractivity contribution < 1.29 is 28.6 Å². The van der Waals surface area contributed by atoms with Crippen LogP contribution in [0.25, 0.3) is 0 Å². The summed E-state index contributed by atoms with van der Waals surface area (Å²) in [6, 6.07) is 21.8. The van der Waals surface area contributed by atoms with Crippen LogP contribution in [0.3, 0.4) is 0 Å². The van der Waals surface area contributed by atoms with Gasteiger partial charge in [0.2, 0.25) is 5.91 Å². The van der Waals surface area contributed by atoms with Crippen molar-refractivity contribution in [2.45, 2.75) is 33.1 Å². The fourth-order valence-corrected chi connectivity index (χ4v) is 3.22. The molecule has 8 nitrogen and oxygen atoms in total. The molecule has 0 aliphatic rings. The summed E-state index contributed by atoms with van der Waals surface area (Å²) in [5.74, 6) is 0.693. The maximum Gasteiger partial charge on any atom is 0.306 e. The van der Waals surface area contributed by atoms with Gasteiger partial charge < -0.3 is 24.8 Å². The monoisotopic (exact) mass is 490 g/mol. The van der Waals surface area contributed by atoms with Crippen LogP contribution >= 0.6 is 0 Å². The molecule has 36 heavy (non-hydrogen) atoms. The van der Waals surface area contributed by atoms with Gasteiger partial charge in [-0.2, -0.15) is 0 Å². The van der Waals surface area contributed by atoms with Gasteiger partial charge in [0, 0.05) is 18.5 Å². The molecule has 2 amide bonds. The topological polar surface area (TPSA) is 103 Å². The van der Waals surface area contributed by atoms with E-state index in [1.165, 1.54) is 0 Å². The lowest BCUT2D eigenvalue weighted by atomic mass is 10.2. The highest BCUT2D eigenvalue weighted by atomic mass is 16.5. The molecule has 0 unspecified atom stereocenters. The number of rotatable bonds is 12. The normalized spacial score (nSPS) is 10.3. The molecule has 0 radical (unpaired) electrons. The Morgan fingerprint density at radius 1 is 0.778 bits per heavy atom. The summed E-state index contributed by atoms with van der Waals surface area (Å²) in [5.41, 5.74) is 2.29. The zero-order chi connectivity index (χ0) is 25.8. The zero-order valence-corrected chi connectivity index (χ0v) is 20.4. The first kappa shape index (κ1) is 26.3. The number of carbonyl (C=O) groups excluding carboxylic acids is 3. The van der Waals surface area contributed by atoms with Crippen LogP contribution in [0.15, 0.2) is 72.8 Å². The average Bonchev–Trinajstić information content (AvgIpc) is 2.87. The van der Waals surface area contributed by atoms with Crippen molar-refractivity contribution in [1.29, 1.82) is 0 Å². The van der Waals surface area contributed by atoms with Crippen LogP contribution in [0.2, 0.25) is 0 Å². The molecule has 0 saturated heterocycles. The van der Waals surface area contributed by atoms with Crippen molar-refractivity contribution in [3.8, 4) is 17.2 Å². The zero-order valence-electron chi connectivity index (χ0n) is 20.4. The summed E-state index contributed by atoms with van der Waals surface area (Å²) < 4.78 is 16.2. The summed E-state index contributed by atoms with van der Waals surface area (Å²) in [4.78, 5) is 36.2. The summed E-state index contributed by atoms with van der Waals surface area (Å²) in [5, 5.41) is 5.44. The Morgan fingerprint density at radius 2 is 1.44 bits per heavy atom. The Balaban J connectivity index is 1.33. The molecule has 3 aromatic carbocycles. The number of para-hydroxylation sites is 2. The molecule has 8 heteroatoms. The van der Waals surface area contributed by atoms with Crippen LogP contribution in [0.1, 0.15) is 31.7 Å². The Kier molecular flexibility index (Phi) is 9.88. The summed E-state index contributed by atoms with van der Waals surface area (Å²) in [6.45, 7) is 3.90. The Hall–Kier alpha value is -4.33. The highest BCUT2D eigenvalue weighted by molar-refractivity contribution is 5.94. The van der Waals surface area contributed by atoms with E-state index in [0.717, 1.165) is 11.3 Å². The van der Waals surface area contributed by atoms with Crippen molar-refractivity contribution in [2.75, 3.05) is 23.8 Å². The Labute approximate surface area is 210 Å². The number of carbonyl (C=O) groups is 3. The smallest absolute Gasteiger partial charge is 0.306 e. The van der Waals surface area contributed by atoms with E-state index in [0.29, 0.717) is 35.9 Å². The van der Waals surface area contributed by atoms with Crippen molar-refractivity contribution in [2.24, 2.45) is 0 Å². The van der Waals surface area contributed by atoms with Gasteiger partial charge in [0.15, 0.2) is 6.61 Å². The number of nitrogens with one attached hydrogen (secondary N) is 2. The van der Waals surface area contributed by atoms with E-state index in [9.17, 15) is 14.4 Å². The maximum absolute atomic E-state index is 12.2. The number of benzene rings is 3. The quantitative estimate of drug-likeness (QED) is 0.326. The second kappa shape index (κ2) is 13.5. The molecule has 0 aromatic heterocycles. The van der Waals surface area contributed by atoms with E-state index >= 15 is 0 Å². The van der Waals surface area contributed by atoms with Gasteiger partial charge in [-0.05, 0) is 68.8 Å². The fraction of sp³-hybridized carbons (Fsp3) is 0.250. The summed E-state index contributed by atoms with van der Waals surface area (Å²) >= 11 is 0. The van der Waals surface area contributed by atoms with Crippen LogP contribution < -0.4 is 20.1 Å². The molecule has 0 aliphatic carbocycles. The SMILES string of the molecule is CCOc1ccccc1NC(=O)COC(=O)CCCC(=O)Nc1ccc(Oc2ccc(C)cc2)cc1. The van der Waals surface area contributed by atoms with Gasteiger partial charge >= 0.3 is 5.97 Å². The highest BCUT2D eigenvalue weighted by Crippen LogP contribution is 2.24. The first-order valence-corrected chi connectivity index (χ1v) is 11.7. The number of amides is 2. The van der Waals surface area contributed by atoms with Crippen LogP contribution in [0.5, 0.6) is 17.2 Å². The van der Waals surface area contributed by atoms with Gasteiger partial charge in [0.25, 0.3) is 5.91 Å². The minimum Gasteiger partial charge on any atom is -0.492 e. The highest BCUT2D eigenvalue weighted by Gasteiger charge is 2.11. The average molecular weight is 491 g/mol. The lowest BCUT2D eigenvalue weighted by molar-refractivity contribution is -0.147. The van der Waals surface area contributed by atoms with Crippen molar-refractivity contribution in [3.05, 3.63) is 78.4 Å². The molecule has 188 valence electrons. The van der Waals surface area contributed by atoms with Crippen LogP contribution in [-0.4, -0.2) is 31.0 Å². The molecule has 0 bridgehead atoms. The van der Waals surface area contributed by atoms with Gasteiger partial charge in [0.05, 0.1) is 12.3 Å². The Morgan fingerprint density at radius 3 is 2.14 bits per heavy atom. The summed E-state index contributed by atoms with van der Waals surface area (Å²) in [7, 11) is 0. The molecule has 3 rings (SSSR count). The number of anilines is 2. The molecule has 0 atom stereocenters. The fourth-order valence-electron chi connectivity index (χ4n) is 3.22. The lowest BCUT2D eigenvalue weighted by Gasteiger charge is -2.11. The third-order valence-electron chi connectivity index (χ3n) is 5.00. The second-order valence-corrected chi connectivity index (χ2v) is 7.98. The van der Waals surface area contributed by atoms with E-state index < -0.39 is 18.5 Å². The van der Waals surface area contributed by atoms with Crippen molar-refractivity contribution >= 4 is 29.2 Å². The predicted octanol–water partition coefficient (Wildman–Crippen LogP) is 5.48. The molecular formula is C28H30N2O6. The molecular weight excluding hydrogens is 460 g/mol. The van der Waals surface area contributed by atoms with Crippen molar-refractivity contribution in [1.82, 2.24) is 0 Å². The number of hydrogen-bond acceptors (Lipinski definition) is 6. The molecule has 0 saturated carbocycles. The molecule has 0 aliphatic heterocycles. The van der Waals surface area contributed by atoms with E-state index in [2.05, 4.69) is 10.6 Å². The van der Waals surface area contributed by atoms with E-state index in [1.54, 1.807) is 48.5 Å². The van der Waals surface area contributed by atoms with E-state index in [1.807, 2.05) is 38.1 Å². The predicted molar refractivity (Wildman–Crippen MR) is 137 cm³/mol. The molecule has 3 aromatic rings. The minimum atomic E-state index is -0.548. The van der Waals surface area contributed by atoms with Gasteiger partial charge in [-0.1, -0.05) is 29.8 Å². The van der Waals surface area contributed by atoms with Crippen molar-refractivity contribution in [3.63, 3.8) is 0 Å². The third kappa shape index (κ3) is 8.79. The molecule has 0 fully saturated rings. The summed E-state index contributed by atoms with van der Waals surface area (Å²) in [6.07, 6.45) is 0.471. The first-order valence-electron chi connectivity index (χ1n) is 11.7. The van der Waals surface area contributed by atoms with Crippen LogP contribution in [0.4, 0.5) is 11.4 Å². The van der Waals surface area contributed by atoms with Gasteiger partial charge in [-0.25, -0.2) is 0 Å². The van der Waals surface area contributed by atoms with E-state index in [-0.39, 0.29) is 18.7 Å². The number of esters is 1. The number of hydrogen-bond donors (Lipinski definition) is 2. The largest absolute Gasteiger partial charge is 0.492 e. The van der Waals surface area contributed by atoms with Gasteiger partial charge in [0.1, 0.15) is 17.2 Å². The number of ether oxygens (including phenoxy) is 3. The van der Waals surface area contributed by atoms with Gasteiger partial charge in [-0.15, -0.1) is 0 Å². The maximum atomic E-state index is 12.2. The molecule has 0 spiro atoms. The molecule has 0 heterocycles. The minimum absolute atomic E-state index is 0.0273. The van der Waals surface area contributed by atoms with Gasteiger partial charge in [-0.3, -0.25) is 14.4 Å². The Bertz CT molecular complexity index is 1160. The molecule has 2 N–H and O–H groups in total. The number of aryl methyl sites for hydroxylation is 1. The standard InChI is InChI=1S/C28H30N2O6/c1-3-34-25-8-5-4-7-24(25)30-27(32)19-35-28(33)10-6-9-26(31)29-21-13-17-23(18-14-21)36-22-15-11-20(2)12-16-22/h4-5,7-8,11-18H,3,6,9-10,19H2,1-2H3,(H,29,31)(H,30,32). The van der Waals surface area contributed by atoms with Crippen LogP contribution in [0, 0.1) is 6.92 Å². The first-order chi connectivity index (χ1) is 17.4. The van der Waals surface area contributed by atoms with E-state index in [4.69, 9.17) is 14.2 Å². The second-order valence-electron chi connectivity index (χ2n) is 7.98. The lowest BCUT2D eigenvalue weighted by Crippen LogP contribution is -2.21. The van der Waals surface area contributed by atoms with Crippen LogP contribution in [-0.2, 0) is 19.1 Å².